The number of carbonyl (C=O) groups is 1. The first-order valence-electron chi connectivity index (χ1n) is 7.28. The predicted molar refractivity (Wildman–Crippen MR) is 88.1 cm³/mol. The Morgan fingerprint density at radius 3 is 2.45 bits per heavy atom. The van der Waals surface area contributed by atoms with Gasteiger partial charge in [-0.1, -0.05) is 42.5 Å². The number of benzene rings is 3. The van der Waals surface area contributed by atoms with Gasteiger partial charge >= 0.3 is 0 Å². The first-order valence-corrected chi connectivity index (χ1v) is 7.28. The average molecular weight is 291 g/mol. The van der Waals surface area contributed by atoms with Crippen LogP contribution < -0.4 is 5.32 Å². The van der Waals surface area contributed by atoms with E-state index in [0.29, 0.717) is 12.1 Å². The minimum absolute atomic E-state index is 0.125. The Balaban J connectivity index is 1.65. The van der Waals surface area contributed by atoms with Crippen molar-refractivity contribution in [2.45, 2.75) is 6.42 Å². The molecule has 0 saturated heterocycles. The number of aromatic hydroxyl groups is 1. The van der Waals surface area contributed by atoms with Gasteiger partial charge in [0.05, 0.1) is 0 Å². The number of hydrogen-bond acceptors (Lipinski definition) is 2. The quantitative estimate of drug-likeness (QED) is 0.772. The van der Waals surface area contributed by atoms with Gasteiger partial charge in [0, 0.05) is 12.1 Å². The van der Waals surface area contributed by atoms with E-state index in [1.54, 1.807) is 12.1 Å². The minimum atomic E-state index is -0.125. The standard InChI is InChI=1S/C19H17NO2/c21-17-10-8-16(9-11-17)19(22)20-13-12-15-6-3-5-14-4-1-2-7-18(14)15/h1-11,21H,12-13H2,(H,20,22). The molecule has 0 bridgehead atoms. The zero-order valence-electron chi connectivity index (χ0n) is 12.1. The number of nitrogens with one attached hydrogen (secondary N) is 1. The number of phenolic OH excluding ortho intramolecular Hbond substituents is 1. The van der Waals surface area contributed by atoms with Crippen molar-refractivity contribution < 1.29 is 9.90 Å². The van der Waals surface area contributed by atoms with E-state index in [9.17, 15) is 9.90 Å². The number of rotatable bonds is 4. The van der Waals surface area contributed by atoms with Crippen LogP contribution in [0.1, 0.15) is 15.9 Å². The first-order chi connectivity index (χ1) is 10.7. The van der Waals surface area contributed by atoms with E-state index in [0.717, 1.165) is 6.42 Å². The highest BCUT2D eigenvalue weighted by atomic mass is 16.3. The molecule has 3 rings (SSSR count). The number of carbonyl (C=O) groups excluding carboxylic acids is 1. The fraction of sp³-hybridized carbons (Fsp3) is 0.105. The molecule has 0 spiro atoms. The summed E-state index contributed by atoms with van der Waals surface area (Å²) in [6, 6.07) is 20.7. The first kappa shape index (κ1) is 14.1. The van der Waals surface area contributed by atoms with Crippen molar-refractivity contribution in [3.8, 4) is 5.75 Å². The molecule has 1 amide bonds. The van der Waals surface area contributed by atoms with Gasteiger partial charge < -0.3 is 10.4 Å². The van der Waals surface area contributed by atoms with Crippen molar-refractivity contribution in [2.75, 3.05) is 6.54 Å². The van der Waals surface area contributed by atoms with Crippen molar-refractivity contribution in [1.82, 2.24) is 5.32 Å². The molecule has 3 nitrogen and oxygen atoms in total. The average Bonchev–Trinajstić information content (AvgIpc) is 2.55. The molecule has 2 N–H and O–H groups in total. The highest BCUT2D eigenvalue weighted by Crippen LogP contribution is 2.18. The molecule has 0 saturated carbocycles. The molecule has 0 aliphatic heterocycles. The summed E-state index contributed by atoms with van der Waals surface area (Å²) in [5, 5.41) is 14.6. The Morgan fingerprint density at radius 1 is 0.909 bits per heavy atom. The molecule has 0 unspecified atom stereocenters. The van der Waals surface area contributed by atoms with Crippen LogP contribution in [0, 0.1) is 0 Å². The molecule has 0 fully saturated rings. The van der Waals surface area contributed by atoms with E-state index in [1.165, 1.54) is 28.5 Å². The van der Waals surface area contributed by atoms with Gasteiger partial charge in [0.2, 0.25) is 0 Å². The number of phenols is 1. The Labute approximate surface area is 129 Å². The molecule has 0 atom stereocenters. The Morgan fingerprint density at radius 2 is 1.64 bits per heavy atom. The summed E-state index contributed by atoms with van der Waals surface area (Å²) < 4.78 is 0. The van der Waals surface area contributed by atoms with E-state index in [1.807, 2.05) is 18.2 Å². The van der Waals surface area contributed by atoms with Gasteiger partial charge in [-0.05, 0) is 47.0 Å². The molecule has 3 aromatic carbocycles. The molecule has 0 heterocycles. The van der Waals surface area contributed by atoms with Crippen LogP contribution in [0.25, 0.3) is 10.8 Å². The lowest BCUT2D eigenvalue weighted by molar-refractivity contribution is 0.0954. The third kappa shape index (κ3) is 3.09. The maximum absolute atomic E-state index is 12.0. The normalized spacial score (nSPS) is 10.5. The number of amides is 1. The summed E-state index contributed by atoms with van der Waals surface area (Å²) in [5.41, 5.74) is 1.78. The van der Waals surface area contributed by atoms with Crippen LogP contribution >= 0.6 is 0 Å². The van der Waals surface area contributed by atoms with Crippen LogP contribution in [0.2, 0.25) is 0 Å². The van der Waals surface area contributed by atoms with Gasteiger partial charge in [0.25, 0.3) is 5.91 Å². The molecule has 3 heteroatoms. The fourth-order valence-electron chi connectivity index (χ4n) is 2.54. The number of hydrogen-bond donors (Lipinski definition) is 2. The van der Waals surface area contributed by atoms with Crippen LogP contribution in [0.4, 0.5) is 0 Å². The molecule has 22 heavy (non-hydrogen) atoms. The van der Waals surface area contributed by atoms with E-state index >= 15 is 0 Å². The third-order valence-corrected chi connectivity index (χ3v) is 3.69. The monoisotopic (exact) mass is 291 g/mol. The van der Waals surface area contributed by atoms with E-state index in [-0.39, 0.29) is 11.7 Å². The van der Waals surface area contributed by atoms with E-state index in [2.05, 4.69) is 29.6 Å². The second-order valence-electron chi connectivity index (χ2n) is 5.19. The van der Waals surface area contributed by atoms with E-state index in [4.69, 9.17) is 0 Å². The van der Waals surface area contributed by atoms with Crippen LogP contribution in [-0.2, 0) is 6.42 Å². The van der Waals surface area contributed by atoms with Crippen molar-refractivity contribution in [3.63, 3.8) is 0 Å². The van der Waals surface area contributed by atoms with Crippen LogP contribution in [0.3, 0.4) is 0 Å². The molecule has 110 valence electrons. The van der Waals surface area contributed by atoms with Crippen LogP contribution in [0.5, 0.6) is 5.75 Å². The van der Waals surface area contributed by atoms with Crippen LogP contribution in [-0.4, -0.2) is 17.6 Å². The molecule has 0 aliphatic carbocycles. The molecule has 0 aliphatic rings. The summed E-state index contributed by atoms with van der Waals surface area (Å²) in [7, 11) is 0. The minimum Gasteiger partial charge on any atom is -0.508 e. The van der Waals surface area contributed by atoms with Gasteiger partial charge in [-0.2, -0.15) is 0 Å². The number of fused-ring (bicyclic) bond motifs is 1. The zero-order valence-corrected chi connectivity index (χ0v) is 12.1. The third-order valence-electron chi connectivity index (χ3n) is 3.69. The summed E-state index contributed by atoms with van der Waals surface area (Å²) in [6.07, 6.45) is 0.783. The van der Waals surface area contributed by atoms with Crippen molar-refractivity contribution in [1.29, 1.82) is 0 Å². The summed E-state index contributed by atoms with van der Waals surface area (Å²) >= 11 is 0. The fourth-order valence-corrected chi connectivity index (χ4v) is 2.54. The summed E-state index contributed by atoms with van der Waals surface area (Å²) in [4.78, 5) is 12.0. The topological polar surface area (TPSA) is 49.3 Å². The van der Waals surface area contributed by atoms with Crippen molar-refractivity contribution in [3.05, 3.63) is 77.9 Å². The summed E-state index contributed by atoms with van der Waals surface area (Å²) in [5.74, 6) is 0.0348. The lowest BCUT2D eigenvalue weighted by Crippen LogP contribution is -2.25. The molecular formula is C19H17NO2. The van der Waals surface area contributed by atoms with Crippen molar-refractivity contribution in [2.24, 2.45) is 0 Å². The Bertz CT molecular complexity index is 789. The molecule has 3 aromatic rings. The second kappa shape index (κ2) is 6.31. The maximum atomic E-state index is 12.0. The largest absolute Gasteiger partial charge is 0.508 e. The van der Waals surface area contributed by atoms with Gasteiger partial charge in [0.15, 0.2) is 0 Å². The van der Waals surface area contributed by atoms with Gasteiger partial charge in [-0.3, -0.25) is 4.79 Å². The predicted octanol–water partition coefficient (Wildman–Crippen LogP) is 3.52. The van der Waals surface area contributed by atoms with E-state index < -0.39 is 0 Å². The second-order valence-corrected chi connectivity index (χ2v) is 5.19. The highest BCUT2D eigenvalue weighted by molar-refractivity contribution is 5.94. The highest BCUT2D eigenvalue weighted by Gasteiger charge is 2.05. The summed E-state index contributed by atoms with van der Waals surface area (Å²) in [6.45, 7) is 0.577. The molecule has 0 radical (unpaired) electrons. The SMILES string of the molecule is O=C(NCCc1cccc2ccccc12)c1ccc(O)cc1. The zero-order chi connectivity index (χ0) is 15.4. The Kier molecular flexibility index (Phi) is 4.05. The van der Waals surface area contributed by atoms with Crippen molar-refractivity contribution >= 4 is 16.7 Å². The van der Waals surface area contributed by atoms with Crippen LogP contribution in [0.15, 0.2) is 66.7 Å². The maximum Gasteiger partial charge on any atom is 0.251 e. The lowest BCUT2D eigenvalue weighted by atomic mass is 10.0. The Hall–Kier alpha value is -2.81. The van der Waals surface area contributed by atoms with Gasteiger partial charge in [-0.15, -0.1) is 0 Å². The lowest BCUT2D eigenvalue weighted by Gasteiger charge is -2.08. The molecular weight excluding hydrogens is 274 g/mol. The van der Waals surface area contributed by atoms with Gasteiger partial charge in [-0.25, -0.2) is 0 Å². The van der Waals surface area contributed by atoms with Gasteiger partial charge in [0.1, 0.15) is 5.75 Å². The molecule has 0 aromatic heterocycles. The smallest absolute Gasteiger partial charge is 0.251 e.